The van der Waals surface area contributed by atoms with E-state index in [4.69, 9.17) is 16.8 Å². The van der Waals surface area contributed by atoms with Gasteiger partial charge in [-0.1, -0.05) is 28.9 Å². The second-order valence-electron chi connectivity index (χ2n) is 5.55. The Labute approximate surface area is 153 Å². The van der Waals surface area contributed by atoms with Crippen molar-refractivity contribution in [3.05, 3.63) is 64.4 Å². The first-order chi connectivity index (χ1) is 12.4. The van der Waals surface area contributed by atoms with Crippen LogP contribution in [-0.2, 0) is 4.79 Å². The Bertz CT molecular complexity index is 985. The van der Waals surface area contributed by atoms with Crippen LogP contribution in [0.25, 0.3) is 0 Å². The first-order valence-electron chi connectivity index (χ1n) is 7.59. The second kappa shape index (κ2) is 7.05. The number of carbonyl (C=O) groups is 1. The standard InChI is InChI=1S/C18H13ClFN3O3/c1-9-15(17(23-26)18(24)25)22-14-7-6-10(19)8-12(14)16(21-9)11-4-2-3-5-13(11)20/h2-9,26H,1H3,(H,24,25). The third-order valence-corrected chi connectivity index (χ3v) is 4.08. The summed E-state index contributed by atoms with van der Waals surface area (Å²) in [6.07, 6.45) is 0. The lowest BCUT2D eigenvalue weighted by atomic mass is 10.00. The molecule has 1 atom stereocenters. The normalized spacial score (nSPS) is 17.0. The fraction of sp³-hybridized carbons (Fsp3) is 0.111. The molecule has 0 bridgehead atoms. The Kier molecular flexibility index (Phi) is 4.81. The first-order valence-corrected chi connectivity index (χ1v) is 7.97. The van der Waals surface area contributed by atoms with E-state index in [0.717, 1.165) is 0 Å². The van der Waals surface area contributed by atoms with Crippen molar-refractivity contribution < 1.29 is 19.5 Å². The van der Waals surface area contributed by atoms with Gasteiger partial charge in [0.25, 0.3) is 0 Å². The van der Waals surface area contributed by atoms with Crippen LogP contribution in [0.15, 0.2) is 57.6 Å². The molecule has 2 N–H and O–H groups in total. The maximum atomic E-state index is 14.4. The number of hydrogen-bond donors (Lipinski definition) is 2. The van der Waals surface area contributed by atoms with Gasteiger partial charge in [-0.15, -0.1) is 0 Å². The molecule has 0 saturated heterocycles. The van der Waals surface area contributed by atoms with Crippen molar-refractivity contribution in [3.63, 3.8) is 0 Å². The minimum atomic E-state index is -1.45. The molecule has 0 amide bonds. The molecule has 26 heavy (non-hydrogen) atoms. The number of nitrogens with zero attached hydrogens (tertiary/aromatic N) is 3. The van der Waals surface area contributed by atoms with Crippen molar-refractivity contribution in [2.24, 2.45) is 15.1 Å². The lowest BCUT2D eigenvalue weighted by Gasteiger charge is -2.11. The van der Waals surface area contributed by atoms with Crippen LogP contribution in [0.2, 0.25) is 5.02 Å². The lowest BCUT2D eigenvalue weighted by molar-refractivity contribution is -0.129. The minimum Gasteiger partial charge on any atom is -0.476 e. The van der Waals surface area contributed by atoms with E-state index in [1.807, 2.05) is 0 Å². The van der Waals surface area contributed by atoms with Crippen molar-refractivity contribution in [2.45, 2.75) is 13.0 Å². The molecule has 0 aliphatic carbocycles. The molecule has 1 aliphatic rings. The zero-order valence-corrected chi connectivity index (χ0v) is 14.3. The monoisotopic (exact) mass is 373 g/mol. The number of rotatable bonds is 3. The molecule has 1 unspecified atom stereocenters. The summed E-state index contributed by atoms with van der Waals surface area (Å²) in [7, 11) is 0. The maximum absolute atomic E-state index is 14.4. The van der Waals surface area contributed by atoms with E-state index < -0.39 is 23.5 Å². The zero-order chi connectivity index (χ0) is 18.8. The summed E-state index contributed by atoms with van der Waals surface area (Å²) < 4.78 is 14.4. The Balaban J connectivity index is 2.29. The number of hydrogen-bond acceptors (Lipinski definition) is 5. The number of carboxylic acids is 1. The van der Waals surface area contributed by atoms with Gasteiger partial charge in [-0.25, -0.2) is 14.2 Å². The highest BCUT2D eigenvalue weighted by Crippen LogP contribution is 2.30. The fourth-order valence-corrected chi connectivity index (χ4v) is 2.84. The molecule has 3 rings (SSSR count). The van der Waals surface area contributed by atoms with Crippen molar-refractivity contribution >= 4 is 40.4 Å². The summed E-state index contributed by atoms with van der Waals surface area (Å²) in [4.78, 5) is 20.1. The highest BCUT2D eigenvalue weighted by atomic mass is 35.5. The van der Waals surface area contributed by atoms with Gasteiger partial charge in [0.2, 0.25) is 5.71 Å². The van der Waals surface area contributed by atoms with Crippen molar-refractivity contribution in [3.8, 4) is 0 Å². The summed E-state index contributed by atoms with van der Waals surface area (Å²) in [5.74, 6) is -1.93. The Morgan fingerprint density at radius 1 is 1.23 bits per heavy atom. The van der Waals surface area contributed by atoms with Crippen LogP contribution in [0.5, 0.6) is 0 Å². The van der Waals surface area contributed by atoms with Crippen LogP contribution in [0, 0.1) is 5.82 Å². The molecule has 0 fully saturated rings. The smallest absolute Gasteiger partial charge is 0.359 e. The molecule has 6 nitrogen and oxygen atoms in total. The molecule has 2 aromatic rings. The summed E-state index contributed by atoms with van der Waals surface area (Å²) in [6, 6.07) is 10.0. The van der Waals surface area contributed by atoms with Gasteiger partial charge < -0.3 is 10.3 Å². The third kappa shape index (κ3) is 3.21. The van der Waals surface area contributed by atoms with Gasteiger partial charge in [-0.2, -0.15) is 0 Å². The zero-order valence-electron chi connectivity index (χ0n) is 13.5. The van der Waals surface area contributed by atoms with E-state index in [2.05, 4.69) is 15.1 Å². The number of carboxylic acid groups (broad SMARTS) is 1. The molecule has 8 heteroatoms. The van der Waals surface area contributed by atoms with E-state index in [1.165, 1.54) is 6.07 Å². The third-order valence-electron chi connectivity index (χ3n) is 3.85. The minimum absolute atomic E-state index is 0.0464. The average molecular weight is 374 g/mol. The number of halogens is 2. The van der Waals surface area contributed by atoms with Crippen LogP contribution >= 0.6 is 11.6 Å². The lowest BCUT2D eigenvalue weighted by Crippen LogP contribution is -2.31. The van der Waals surface area contributed by atoms with E-state index in [-0.39, 0.29) is 17.0 Å². The molecule has 2 aromatic carbocycles. The molecule has 1 heterocycles. The van der Waals surface area contributed by atoms with Crippen molar-refractivity contribution in [1.29, 1.82) is 0 Å². The molecule has 0 aromatic heterocycles. The van der Waals surface area contributed by atoms with Gasteiger partial charge in [-0.05, 0) is 37.3 Å². The molecule has 0 spiro atoms. The van der Waals surface area contributed by atoms with E-state index >= 15 is 0 Å². The summed E-state index contributed by atoms with van der Waals surface area (Å²) in [6.45, 7) is 1.58. The molecule has 1 aliphatic heterocycles. The summed E-state index contributed by atoms with van der Waals surface area (Å²) in [5, 5.41) is 21.5. The van der Waals surface area contributed by atoms with Crippen LogP contribution in [0.4, 0.5) is 10.1 Å². The first kappa shape index (κ1) is 17.8. The van der Waals surface area contributed by atoms with Crippen molar-refractivity contribution in [2.75, 3.05) is 0 Å². The highest BCUT2D eigenvalue weighted by molar-refractivity contribution is 6.66. The predicted octanol–water partition coefficient (Wildman–Crippen LogP) is 3.71. The van der Waals surface area contributed by atoms with Crippen LogP contribution in [0.3, 0.4) is 0 Å². The number of aliphatic imine (C=N–C) groups is 2. The Hall–Kier alpha value is -3.06. The van der Waals surface area contributed by atoms with Gasteiger partial charge >= 0.3 is 5.97 Å². The molecule has 0 saturated carbocycles. The number of benzene rings is 2. The topological polar surface area (TPSA) is 94.6 Å². The fourth-order valence-electron chi connectivity index (χ4n) is 2.67. The second-order valence-corrected chi connectivity index (χ2v) is 5.98. The van der Waals surface area contributed by atoms with Crippen LogP contribution < -0.4 is 0 Å². The van der Waals surface area contributed by atoms with E-state index in [9.17, 15) is 14.3 Å². The molecular formula is C18H13ClFN3O3. The highest BCUT2D eigenvalue weighted by Gasteiger charge is 2.28. The number of aliphatic carboxylic acids is 1. The number of oxime groups is 1. The largest absolute Gasteiger partial charge is 0.476 e. The summed E-state index contributed by atoms with van der Waals surface area (Å²) in [5.41, 5.74) is 0.642. The number of fused-ring (bicyclic) bond motifs is 1. The van der Waals surface area contributed by atoms with Gasteiger partial charge in [0.15, 0.2) is 0 Å². The molecule has 132 valence electrons. The van der Waals surface area contributed by atoms with Gasteiger partial charge in [0.05, 0.1) is 17.4 Å². The van der Waals surface area contributed by atoms with Crippen LogP contribution in [0.1, 0.15) is 18.1 Å². The average Bonchev–Trinajstić information content (AvgIpc) is 2.73. The molecule has 0 radical (unpaired) electrons. The van der Waals surface area contributed by atoms with E-state index in [1.54, 1.807) is 43.3 Å². The Morgan fingerprint density at radius 3 is 2.62 bits per heavy atom. The van der Waals surface area contributed by atoms with Gasteiger partial charge in [-0.3, -0.25) is 4.99 Å². The predicted molar refractivity (Wildman–Crippen MR) is 96.9 cm³/mol. The molecular weight excluding hydrogens is 361 g/mol. The van der Waals surface area contributed by atoms with Gasteiger partial charge in [0, 0.05) is 16.1 Å². The van der Waals surface area contributed by atoms with Gasteiger partial charge in [0.1, 0.15) is 11.5 Å². The van der Waals surface area contributed by atoms with Crippen LogP contribution in [-0.4, -0.2) is 39.5 Å². The van der Waals surface area contributed by atoms with Crippen molar-refractivity contribution in [1.82, 2.24) is 0 Å². The SMILES string of the molecule is CC1N=C(c2ccccc2F)c2cc(Cl)ccc2N=C1C(=NO)C(=O)O. The van der Waals surface area contributed by atoms with E-state index in [0.29, 0.717) is 16.3 Å². The Morgan fingerprint density at radius 2 is 1.96 bits per heavy atom. The maximum Gasteiger partial charge on any atom is 0.359 e. The quantitative estimate of drug-likeness (QED) is 0.488. The summed E-state index contributed by atoms with van der Waals surface area (Å²) >= 11 is 6.08.